The molecule has 112 valence electrons. The van der Waals surface area contributed by atoms with Gasteiger partial charge in [-0.25, -0.2) is 4.98 Å². The minimum atomic E-state index is 0.638. The van der Waals surface area contributed by atoms with Crippen LogP contribution in [0.3, 0.4) is 0 Å². The molecule has 0 fully saturated rings. The molecule has 0 atom stereocenters. The molecule has 21 heavy (non-hydrogen) atoms. The maximum absolute atomic E-state index is 5.91. The number of aryl methyl sites for hydroxylation is 1. The summed E-state index contributed by atoms with van der Waals surface area (Å²) in [5.41, 5.74) is 3.25. The number of hydrogen-bond acceptors (Lipinski definition) is 4. The zero-order valence-electron chi connectivity index (χ0n) is 13.2. The summed E-state index contributed by atoms with van der Waals surface area (Å²) in [5.74, 6) is 1.44. The number of nitrogens with zero attached hydrogens (tertiary/aromatic N) is 2. The van der Waals surface area contributed by atoms with Gasteiger partial charge in [0.1, 0.15) is 5.75 Å². The van der Waals surface area contributed by atoms with Crippen LogP contribution in [-0.4, -0.2) is 25.6 Å². The summed E-state index contributed by atoms with van der Waals surface area (Å²) in [4.78, 5) is 6.50. The Labute approximate surface area is 126 Å². The van der Waals surface area contributed by atoms with E-state index in [1.165, 1.54) is 5.56 Å². The molecule has 4 heteroatoms. The second-order valence-electron chi connectivity index (χ2n) is 5.23. The highest BCUT2D eigenvalue weighted by Crippen LogP contribution is 2.25. The second-order valence-corrected chi connectivity index (χ2v) is 5.23. The Balaban J connectivity index is 2.18. The van der Waals surface area contributed by atoms with Crippen LogP contribution < -0.4 is 15.0 Å². The standard InChI is InChI=1S/C17H23N3O/c1-5-18-12-14-9-13(2)19-17(10-14)21-16-8-6-7-15(11-16)20(3)4/h6-11,18H,5,12H2,1-4H3. The maximum atomic E-state index is 5.91. The van der Waals surface area contributed by atoms with Crippen LogP contribution in [0.5, 0.6) is 11.6 Å². The number of anilines is 1. The van der Waals surface area contributed by atoms with E-state index in [0.717, 1.165) is 30.2 Å². The Kier molecular flexibility index (Phi) is 5.17. The van der Waals surface area contributed by atoms with Gasteiger partial charge in [-0.05, 0) is 37.2 Å². The average Bonchev–Trinajstić information content (AvgIpc) is 2.45. The molecular formula is C17H23N3O. The van der Waals surface area contributed by atoms with Gasteiger partial charge >= 0.3 is 0 Å². The predicted octanol–water partition coefficient (Wildman–Crippen LogP) is 3.36. The van der Waals surface area contributed by atoms with Crippen LogP contribution in [0, 0.1) is 6.92 Å². The van der Waals surface area contributed by atoms with E-state index >= 15 is 0 Å². The molecule has 0 saturated heterocycles. The van der Waals surface area contributed by atoms with Crippen molar-refractivity contribution in [3.63, 3.8) is 0 Å². The highest BCUT2D eigenvalue weighted by molar-refractivity contribution is 5.50. The van der Waals surface area contributed by atoms with Gasteiger partial charge in [0.2, 0.25) is 5.88 Å². The highest BCUT2D eigenvalue weighted by Gasteiger charge is 2.04. The van der Waals surface area contributed by atoms with E-state index in [2.05, 4.69) is 23.3 Å². The van der Waals surface area contributed by atoms with E-state index in [-0.39, 0.29) is 0 Å². The van der Waals surface area contributed by atoms with E-state index in [4.69, 9.17) is 4.74 Å². The molecule has 0 aliphatic carbocycles. The van der Waals surface area contributed by atoms with Gasteiger partial charge in [0, 0.05) is 44.2 Å². The summed E-state index contributed by atoms with van der Waals surface area (Å²) < 4.78 is 5.91. The van der Waals surface area contributed by atoms with Crippen LogP contribution in [0.25, 0.3) is 0 Å². The van der Waals surface area contributed by atoms with Crippen molar-refractivity contribution in [2.45, 2.75) is 20.4 Å². The van der Waals surface area contributed by atoms with E-state index in [1.807, 2.05) is 56.3 Å². The lowest BCUT2D eigenvalue weighted by molar-refractivity contribution is 0.460. The van der Waals surface area contributed by atoms with Crippen molar-refractivity contribution < 1.29 is 4.74 Å². The zero-order chi connectivity index (χ0) is 15.2. The minimum Gasteiger partial charge on any atom is -0.439 e. The number of rotatable bonds is 6. The Bertz CT molecular complexity index is 596. The van der Waals surface area contributed by atoms with Crippen LogP contribution in [0.4, 0.5) is 5.69 Å². The largest absolute Gasteiger partial charge is 0.439 e. The Hall–Kier alpha value is -2.07. The summed E-state index contributed by atoms with van der Waals surface area (Å²) in [6, 6.07) is 12.0. The molecule has 4 nitrogen and oxygen atoms in total. The number of nitrogens with one attached hydrogen (secondary N) is 1. The Morgan fingerprint density at radius 3 is 2.71 bits per heavy atom. The first-order valence-electron chi connectivity index (χ1n) is 7.22. The van der Waals surface area contributed by atoms with Crippen LogP contribution in [-0.2, 0) is 6.54 Å². The summed E-state index contributed by atoms with van der Waals surface area (Å²) >= 11 is 0. The number of pyridine rings is 1. The molecule has 0 radical (unpaired) electrons. The molecule has 1 heterocycles. The van der Waals surface area contributed by atoms with Crippen molar-refractivity contribution in [1.29, 1.82) is 0 Å². The van der Waals surface area contributed by atoms with E-state index in [9.17, 15) is 0 Å². The third-order valence-electron chi connectivity index (χ3n) is 3.13. The second kappa shape index (κ2) is 7.09. The first-order valence-corrected chi connectivity index (χ1v) is 7.22. The molecule has 0 saturated carbocycles. The number of benzene rings is 1. The van der Waals surface area contributed by atoms with Gasteiger partial charge in [0.25, 0.3) is 0 Å². The van der Waals surface area contributed by atoms with Gasteiger partial charge in [-0.3, -0.25) is 0 Å². The zero-order valence-corrected chi connectivity index (χ0v) is 13.2. The first-order chi connectivity index (χ1) is 10.1. The fourth-order valence-corrected chi connectivity index (χ4v) is 2.08. The van der Waals surface area contributed by atoms with Gasteiger partial charge in [-0.2, -0.15) is 0 Å². The van der Waals surface area contributed by atoms with Crippen LogP contribution >= 0.6 is 0 Å². The van der Waals surface area contributed by atoms with Gasteiger partial charge in [-0.1, -0.05) is 13.0 Å². The van der Waals surface area contributed by atoms with Crippen molar-refractivity contribution >= 4 is 5.69 Å². The Morgan fingerprint density at radius 1 is 1.19 bits per heavy atom. The molecule has 0 bridgehead atoms. The van der Waals surface area contributed by atoms with Crippen molar-refractivity contribution in [3.05, 3.63) is 47.7 Å². The first kappa shape index (κ1) is 15.3. The van der Waals surface area contributed by atoms with Gasteiger partial charge < -0.3 is 15.0 Å². The van der Waals surface area contributed by atoms with Crippen LogP contribution in [0.15, 0.2) is 36.4 Å². The summed E-state index contributed by atoms with van der Waals surface area (Å²) in [7, 11) is 4.02. The smallest absolute Gasteiger partial charge is 0.219 e. The molecule has 1 aromatic heterocycles. The lowest BCUT2D eigenvalue weighted by Gasteiger charge is -2.14. The van der Waals surface area contributed by atoms with Crippen molar-refractivity contribution in [2.24, 2.45) is 0 Å². The summed E-state index contributed by atoms with van der Waals surface area (Å²) in [6.45, 7) is 5.85. The van der Waals surface area contributed by atoms with Gasteiger partial charge in [0.05, 0.1) is 0 Å². The van der Waals surface area contributed by atoms with Crippen LogP contribution in [0.1, 0.15) is 18.2 Å². The fraction of sp³-hybridized carbons (Fsp3) is 0.353. The number of hydrogen-bond donors (Lipinski definition) is 1. The molecule has 1 aromatic carbocycles. The van der Waals surface area contributed by atoms with E-state index < -0.39 is 0 Å². The molecule has 0 spiro atoms. The van der Waals surface area contributed by atoms with Gasteiger partial charge in [-0.15, -0.1) is 0 Å². The fourth-order valence-electron chi connectivity index (χ4n) is 2.08. The predicted molar refractivity (Wildman–Crippen MR) is 87.2 cm³/mol. The highest BCUT2D eigenvalue weighted by atomic mass is 16.5. The quantitative estimate of drug-likeness (QED) is 0.883. The van der Waals surface area contributed by atoms with Crippen LogP contribution in [0.2, 0.25) is 0 Å². The third-order valence-corrected chi connectivity index (χ3v) is 3.13. The van der Waals surface area contributed by atoms with Crippen molar-refractivity contribution in [2.75, 3.05) is 25.5 Å². The molecule has 2 aromatic rings. The van der Waals surface area contributed by atoms with E-state index in [0.29, 0.717) is 5.88 Å². The molecule has 0 unspecified atom stereocenters. The SMILES string of the molecule is CCNCc1cc(C)nc(Oc2cccc(N(C)C)c2)c1. The molecule has 0 aliphatic rings. The lowest BCUT2D eigenvalue weighted by atomic mass is 10.2. The normalized spacial score (nSPS) is 10.5. The van der Waals surface area contributed by atoms with Gasteiger partial charge in [0.15, 0.2) is 0 Å². The molecular weight excluding hydrogens is 262 g/mol. The molecule has 2 rings (SSSR count). The van der Waals surface area contributed by atoms with Crippen molar-refractivity contribution in [3.8, 4) is 11.6 Å². The Morgan fingerprint density at radius 2 is 2.00 bits per heavy atom. The molecule has 0 amide bonds. The lowest BCUT2D eigenvalue weighted by Crippen LogP contribution is -2.12. The summed E-state index contributed by atoms with van der Waals surface area (Å²) in [6.07, 6.45) is 0. The maximum Gasteiger partial charge on any atom is 0.219 e. The van der Waals surface area contributed by atoms with E-state index in [1.54, 1.807) is 0 Å². The topological polar surface area (TPSA) is 37.4 Å². The summed E-state index contributed by atoms with van der Waals surface area (Å²) in [5, 5.41) is 3.32. The van der Waals surface area contributed by atoms with Crippen molar-refractivity contribution in [1.82, 2.24) is 10.3 Å². The number of aromatic nitrogens is 1. The third kappa shape index (κ3) is 4.46. The molecule has 0 aliphatic heterocycles. The monoisotopic (exact) mass is 285 g/mol. The average molecular weight is 285 g/mol. The number of ether oxygens (including phenoxy) is 1. The molecule has 1 N–H and O–H groups in total. The minimum absolute atomic E-state index is 0.638.